The van der Waals surface area contributed by atoms with Gasteiger partial charge in [-0.3, -0.25) is 19.4 Å². The van der Waals surface area contributed by atoms with E-state index in [0.29, 0.717) is 17.3 Å². The molecule has 0 saturated heterocycles. The summed E-state index contributed by atoms with van der Waals surface area (Å²) >= 11 is 0. The van der Waals surface area contributed by atoms with Crippen LogP contribution in [0.25, 0.3) is 11.0 Å². The Hall–Kier alpha value is -4.55. The van der Waals surface area contributed by atoms with Crippen LogP contribution in [0.5, 0.6) is 0 Å². The number of H-pyrrole nitrogens is 1. The zero-order valence-electron chi connectivity index (χ0n) is 23.5. The summed E-state index contributed by atoms with van der Waals surface area (Å²) in [6, 6.07) is 3.02. The number of allylic oxidation sites excluding steroid dienone is 1. The molecule has 1 aliphatic rings. The number of nitrogens with one attached hydrogen (secondary N) is 2. The number of pyridine rings is 2. The highest BCUT2D eigenvalue weighted by atomic mass is 19.1. The lowest BCUT2D eigenvalue weighted by atomic mass is 10.1. The Kier molecular flexibility index (Phi) is 9.15. The molecule has 218 valence electrons. The molecule has 3 amide bonds. The molecule has 13 heteroatoms. The Balaban J connectivity index is 1.49. The second kappa shape index (κ2) is 12.7. The highest BCUT2D eigenvalue weighted by Gasteiger charge is 2.26. The highest BCUT2D eigenvalue weighted by Crippen LogP contribution is 2.33. The molecule has 0 spiro atoms. The van der Waals surface area contributed by atoms with Gasteiger partial charge in [-0.25, -0.2) is 14.2 Å². The topological polar surface area (TPSA) is 143 Å². The number of carbonyl (C=O) groups is 3. The number of carbonyl (C=O) groups excluding carboxylic acids is 3. The molecule has 1 unspecified atom stereocenters. The van der Waals surface area contributed by atoms with E-state index in [2.05, 4.69) is 20.3 Å². The summed E-state index contributed by atoms with van der Waals surface area (Å²) in [6.45, 7) is 0.00325. The van der Waals surface area contributed by atoms with Crippen molar-refractivity contribution in [3.05, 3.63) is 64.4 Å². The van der Waals surface area contributed by atoms with Crippen LogP contribution >= 0.6 is 0 Å². The van der Waals surface area contributed by atoms with Crippen LogP contribution in [0.15, 0.2) is 41.5 Å². The summed E-state index contributed by atoms with van der Waals surface area (Å²) in [4.78, 5) is 64.5. The van der Waals surface area contributed by atoms with E-state index in [1.807, 2.05) is 0 Å². The van der Waals surface area contributed by atoms with Gasteiger partial charge >= 0.3 is 6.09 Å². The molecular weight excluding hydrogens is 533 g/mol. The van der Waals surface area contributed by atoms with Crippen LogP contribution in [-0.4, -0.2) is 81.5 Å². The van der Waals surface area contributed by atoms with Crippen molar-refractivity contribution in [3.8, 4) is 0 Å². The minimum atomic E-state index is -1.21. The van der Waals surface area contributed by atoms with Crippen LogP contribution in [0.3, 0.4) is 0 Å². The number of hydrogen-bond acceptors (Lipinski definition) is 7. The van der Waals surface area contributed by atoms with E-state index < -0.39 is 29.5 Å². The van der Waals surface area contributed by atoms with E-state index >= 15 is 0 Å². The minimum absolute atomic E-state index is 0.00325. The van der Waals surface area contributed by atoms with E-state index in [4.69, 9.17) is 4.74 Å². The Morgan fingerprint density at radius 2 is 2.00 bits per heavy atom. The molecule has 2 N–H and O–H groups in total. The number of imidazole rings is 1. The van der Waals surface area contributed by atoms with Crippen LogP contribution in [0.2, 0.25) is 0 Å². The number of rotatable bonds is 11. The third kappa shape index (κ3) is 7.56. The smallest absolute Gasteiger partial charge is 0.410 e. The zero-order chi connectivity index (χ0) is 29.7. The Bertz CT molecular complexity index is 1520. The number of aromatic amines is 1. The van der Waals surface area contributed by atoms with Crippen molar-refractivity contribution >= 4 is 34.6 Å². The van der Waals surface area contributed by atoms with Crippen LogP contribution in [0.4, 0.5) is 14.9 Å². The molecule has 3 heterocycles. The predicted molar refractivity (Wildman–Crippen MR) is 150 cm³/mol. The lowest BCUT2D eigenvalue weighted by Crippen LogP contribution is -2.37. The van der Waals surface area contributed by atoms with Gasteiger partial charge in [0.1, 0.15) is 17.0 Å². The molecule has 12 nitrogen and oxygen atoms in total. The van der Waals surface area contributed by atoms with E-state index in [1.165, 1.54) is 53.0 Å². The summed E-state index contributed by atoms with van der Waals surface area (Å²) in [5, 5.41) is 2.55. The normalized spacial score (nSPS) is 13.8. The van der Waals surface area contributed by atoms with Crippen molar-refractivity contribution < 1.29 is 23.5 Å². The number of halogens is 1. The van der Waals surface area contributed by atoms with Gasteiger partial charge in [0.2, 0.25) is 5.91 Å². The predicted octanol–water partition coefficient (Wildman–Crippen LogP) is 2.69. The lowest BCUT2D eigenvalue weighted by molar-refractivity contribution is -0.125. The number of hydrogen-bond donors (Lipinski definition) is 2. The van der Waals surface area contributed by atoms with Gasteiger partial charge in [-0.2, -0.15) is 0 Å². The SMILES string of the molecule is CN(C)C(=O)C=CCCC(OC(=O)N(C)C)C(=O)Nc1cccn(Cc2nc3c(F)cnc(CC4CC4)c3[nH]2)c1=O. The van der Waals surface area contributed by atoms with E-state index in [9.17, 15) is 23.6 Å². The largest absolute Gasteiger partial charge is 0.436 e. The third-order valence-electron chi connectivity index (χ3n) is 6.58. The molecule has 1 aliphatic carbocycles. The highest BCUT2D eigenvalue weighted by molar-refractivity contribution is 5.95. The fourth-order valence-electron chi connectivity index (χ4n) is 4.07. The van der Waals surface area contributed by atoms with Crippen molar-refractivity contribution in [2.75, 3.05) is 33.5 Å². The average Bonchev–Trinajstić information content (AvgIpc) is 3.64. The van der Waals surface area contributed by atoms with Crippen LogP contribution in [0, 0.1) is 11.7 Å². The minimum Gasteiger partial charge on any atom is -0.436 e. The standard InChI is InChI=1S/C28H34FN7O5/c1-34(2)23(37)10-6-5-9-21(41-28(40)35(3)4)26(38)31-19-8-7-13-36(27(19)39)16-22-32-24-18(29)15-30-20(25(24)33-22)14-17-11-12-17/h6-8,10,13,15,17,21H,5,9,11-12,14,16H2,1-4H3,(H,31,38)(H,32,33). The molecule has 0 bridgehead atoms. The van der Waals surface area contributed by atoms with Gasteiger partial charge in [0.15, 0.2) is 11.9 Å². The quantitative estimate of drug-likeness (QED) is 0.339. The summed E-state index contributed by atoms with van der Waals surface area (Å²) in [7, 11) is 6.20. The molecule has 1 fully saturated rings. The van der Waals surface area contributed by atoms with Crippen molar-refractivity contribution in [1.29, 1.82) is 0 Å². The molecule has 1 atom stereocenters. The monoisotopic (exact) mass is 567 g/mol. The summed E-state index contributed by atoms with van der Waals surface area (Å²) in [6.07, 6.45) is 7.06. The van der Waals surface area contributed by atoms with Gasteiger partial charge in [0.05, 0.1) is 24.0 Å². The fourth-order valence-corrected chi connectivity index (χ4v) is 4.07. The first-order valence-corrected chi connectivity index (χ1v) is 13.3. The van der Waals surface area contributed by atoms with E-state index in [0.717, 1.165) is 25.0 Å². The zero-order valence-corrected chi connectivity index (χ0v) is 23.5. The molecule has 41 heavy (non-hydrogen) atoms. The lowest BCUT2D eigenvalue weighted by Gasteiger charge is -2.19. The van der Waals surface area contributed by atoms with Crippen molar-refractivity contribution in [1.82, 2.24) is 29.3 Å². The maximum Gasteiger partial charge on any atom is 0.410 e. The van der Waals surface area contributed by atoms with Crippen LogP contribution < -0.4 is 10.9 Å². The fraction of sp³-hybridized carbons (Fsp3) is 0.429. The van der Waals surface area contributed by atoms with Crippen molar-refractivity contribution in [2.45, 2.75) is 44.8 Å². The Labute approximate surface area is 236 Å². The number of amides is 3. The van der Waals surface area contributed by atoms with Gasteiger partial charge in [0.25, 0.3) is 11.5 Å². The second-order valence-corrected chi connectivity index (χ2v) is 10.4. The van der Waals surface area contributed by atoms with Gasteiger partial charge in [-0.1, -0.05) is 6.08 Å². The van der Waals surface area contributed by atoms with E-state index in [-0.39, 0.29) is 36.5 Å². The first-order valence-electron chi connectivity index (χ1n) is 13.3. The number of fused-ring (bicyclic) bond motifs is 1. The Morgan fingerprint density at radius 3 is 2.68 bits per heavy atom. The van der Waals surface area contributed by atoms with Crippen molar-refractivity contribution in [2.24, 2.45) is 5.92 Å². The molecule has 0 aromatic carbocycles. The molecule has 4 rings (SSSR count). The maximum atomic E-state index is 14.4. The summed E-state index contributed by atoms with van der Waals surface area (Å²) in [5.41, 5.74) is 0.897. The van der Waals surface area contributed by atoms with Gasteiger partial charge in [0, 0.05) is 34.4 Å². The number of anilines is 1. The van der Waals surface area contributed by atoms with E-state index in [1.54, 1.807) is 26.2 Å². The summed E-state index contributed by atoms with van der Waals surface area (Å²) in [5.74, 6) is -0.545. The van der Waals surface area contributed by atoms with Gasteiger partial charge in [-0.05, 0) is 56.2 Å². The second-order valence-electron chi connectivity index (χ2n) is 10.4. The number of ether oxygens (including phenoxy) is 1. The number of likely N-dealkylation sites (N-methyl/N-ethyl adjacent to an activating group) is 1. The van der Waals surface area contributed by atoms with Crippen molar-refractivity contribution in [3.63, 3.8) is 0 Å². The van der Waals surface area contributed by atoms with Crippen LogP contribution in [0.1, 0.15) is 37.2 Å². The molecule has 3 aromatic rings. The maximum absolute atomic E-state index is 14.4. The van der Waals surface area contributed by atoms with Gasteiger partial charge < -0.3 is 29.4 Å². The first kappa shape index (κ1) is 29.4. The number of aromatic nitrogens is 4. The Morgan fingerprint density at radius 1 is 1.24 bits per heavy atom. The van der Waals surface area contributed by atoms with Crippen LogP contribution in [-0.2, 0) is 27.3 Å². The number of nitrogens with zero attached hydrogens (tertiary/aromatic N) is 5. The third-order valence-corrected chi connectivity index (χ3v) is 6.58. The summed E-state index contributed by atoms with van der Waals surface area (Å²) < 4.78 is 21.1. The van der Waals surface area contributed by atoms with Gasteiger partial charge in [-0.15, -0.1) is 0 Å². The molecule has 1 saturated carbocycles. The first-order chi connectivity index (χ1) is 19.5. The molecule has 0 aliphatic heterocycles. The molecular formula is C28H34FN7O5. The average molecular weight is 568 g/mol. The molecule has 3 aromatic heterocycles. The molecule has 0 radical (unpaired) electrons.